The van der Waals surface area contributed by atoms with Crippen molar-refractivity contribution < 1.29 is 18.7 Å². The Morgan fingerprint density at radius 2 is 2.00 bits per heavy atom. The molecule has 1 amide bonds. The van der Waals surface area contributed by atoms with Crippen LogP contribution in [0.3, 0.4) is 0 Å². The molecule has 0 aromatic heterocycles. The van der Waals surface area contributed by atoms with E-state index in [0.717, 1.165) is 5.56 Å². The topological polar surface area (TPSA) is 38.8 Å². The number of methoxy groups -OCH3 is 1. The summed E-state index contributed by atoms with van der Waals surface area (Å²) in [7, 11) is 1.54. The highest BCUT2D eigenvalue weighted by Crippen LogP contribution is 2.34. The Kier molecular flexibility index (Phi) is 6.13. The maximum atomic E-state index is 13.8. The Morgan fingerprint density at radius 3 is 2.67 bits per heavy atom. The van der Waals surface area contributed by atoms with E-state index in [4.69, 9.17) is 21.7 Å². The van der Waals surface area contributed by atoms with Crippen molar-refractivity contribution in [2.24, 2.45) is 0 Å². The summed E-state index contributed by atoms with van der Waals surface area (Å²) in [6.45, 7) is 2.50. The number of hydrogen-bond acceptors (Lipinski definition) is 5. The normalized spacial score (nSPS) is 15.5. The molecule has 0 unspecified atom stereocenters. The fourth-order valence-corrected chi connectivity index (χ4v) is 3.98. The lowest BCUT2D eigenvalue weighted by Gasteiger charge is -2.12. The van der Waals surface area contributed by atoms with E-state index < -0.39 is 0 Å². The molecule has 0 N–H and O–H groups in total. The van der Waals surface area contributed by atoms with Gasteiger partial charge in [0, 0.05) is 12.1 Å². The maximum Gasteiger partial charge on any atom is 0.266 e. The molecule has 1 saturated heterocycles. The monoisotopic (exact) mass is 403 g/mol. The first-order valence-electron chi connectivity index (χ1n) is 8.33. The fraction of sp³-hybridized carbons (Fsp3) is 0.200. The highest BCUT2D eigenvalue weighted by Gasteiger charge is 2.30. The fourth-order valence-electron chi connectivity index (χ4n) is 2.59. The van der Waals surface area contributed by atoms with Crippen LogP contribution in [-0.4, -0.2) is 28.8 Å². The SMILES string of the molecule is CCN1C(=O)/C(=C\c2ccc(OC)c(OCc3ccccc3F)c2)SC1=S. The summed E-state index contributed by atoms with van der Waals surface area (Å²) in [4.78, 5) is 14.5. The van der Waals surface area contributed by atoms with Crippen molar-refractivity contribution in [1.29, 1.82) is 0 Å². The summed E-state index contributed by atoms with van der Waals surface area (Å²) in [6.07, 6.45) is 1.77. The number of ether oxygens (including phenoxy) is 2. The van der Waals surface area contributed by atoms with Gasteiger partial charge in [0.25, 0.3) is 5.91 Å². The molecule has 0 bridgehead atoms. The van der Waals surface area contributed by atoms with Crippen molar-refractivity contribution in [1.82, 2.24) is 4.90 Å². The van der Waals surface area contributed by atoms with E-state index >= 15 is 0 Å². The molecule has 140 valence electrons. The molecule has 3 rings (SSSR count). The zero-order valence-electron chi connectivity index (χ0n) is 14.9. The molecule has 0 saturated carbocycles. The second kappa shape index (κ2) is 8.54. The number of nitrogens with zero attached hydrogens (tertiary/aromatic N) is 1. The van der Waals surface area contributed by atoms with Crippen LogP contribution in [0.15, 0.2) is 47.4 Å². The molecule has 2 aromatic carbocycles. The van der Waals surface area contributed by atoms with Gasteiger partial charge in [-0.1, -0.05) is 48.2 Å². The van der Waals surface area contributed by atoms with E-state index in [9.17, 15) is 9.18 Å². The molecule has 0 atom stereocenters. The third-order valence-corrected chi connectivity index (χ3v) is 5.39. The molecule has 1 aliphatic heterocycles. The molecule has 1 heterocycles. The van der Waals surface area contributed by atoms with Crippen LogP contribution in [0, 0.1) is 5.82 Å². The molecule has 0 radical (unpaired) electrons. The van der Waals surface area contributed by atoms with E-state index in [2.05, 4.69) is 0 Å². The van der Waals surface area contributed by atoms with Gasteiger partial charge in [0.2, 0.25) is 0 Å². The van der Waals surface area contributed by atoms with Crippen molar-refractivity contribution in [3.63, 3.8) is 0 Å². The van der Waals surface area contributed by atoms with Gasteiger partial charge in [-0.05, 0) is 36.8 Å². The summed E-state index contributed by atoms with van der Waals surface area (Å²) in [5.74, 6) is 0.582. The highest BCUT2D eigenvalue weighted by atomic mass is 32.2. The number of thioether (sulfide) groups is 1. The molecule has 7 heteroatoms. The van der Waals surface area contributed by atoms with Crippen molar-refractivity contribution in [3.8, 4) is 11.5 Å². The first kappa shape index (κ1) is 19.4. The number of hydrogen-bond donors (Lipinski definition) is 0. The first-order valence-corrected chi connectivity index (χ1v) is 9.55. The molecule has 0 aliphatic carbocycles. The number of carbonyl (C=O) groups is 1. The molecule has 4 nitrogen and oxygen atoms in total. The molecule has 1 aliphatic rings. The van der Waals surface area contributed by atoms with Crippen molar-refractivity contribution >= 4 is 40.3 Å². The lowest BCUT2D eigenvalue weighted by Crippen LogP contribution is -2.27. The highest BCUT2D eigenvalue weighted by molar-refractivity contribution is 8.26. The minimum absolute atomic E-state index is 0.0738. The predicted octanol–water partition coefficient (Wildman–Crippen LogP) is 4.63. The van der Waals surface area contributed by atoms with Crippen LogP contribution in [0.4, 0.5) is 4.39 Å². The smallest absolute Gasteiger partial charge is 0.266 e. The van der Waals surface area contributed by atoms with Crippen LogP contribution in [-0.2, 0) is 11.4 Å². The number of carbonyl (C=O) groups excluding carboxylic acids is 1. The number of likely N-dealkylation sites (N-methyl/N-ethyl adjacent to an activating group) is 1. The summed E-state index contributed by atoms with van der Waals surface area (Å²) < 4.78 is 25.4. The second-order valence-electron chi connectivity index (χ2n) is 5.72. The Hall–Kier alpha value is -2.38. The maximum absolute atomic E-state index is 13.8. The first-order chi connectivity index (χ1) is 13.0. The van der Waals surface area contributed by atoms with Gasteiger partial charge >= 0.3 is 0 Å². The summed E-state index contributed by atoms with van der Waals surface area (Å²) in [6, 6.07) is 11.8. The average molecular weight is 404 g/mol. The van der Waals surface area contributed by atoms with Crippen LogP contribution >= 0.6 is 24.0 Å². The lowest BCUT2D eigenvalue weighted by atomic mass is 10.1. The number of rotatable bonds is 6. The van der Waals surface area contributed by atoms with Crippen molar-refractivity contribution in [2.45, 2.75) is 13.5 Å². The molecule has 27 heavy (non-hydrogen) atoms. The molecule has 0 spiro atoms. The third-order valence-electron chi connectivity index (χ3n) is 4.02. The molecular formula is C20H18FNO3S2. The third kappa shape index (κ3) is 4.31. The Morgan fingerprint density at radius 1 is 1.22 bits per heavy atom. The zero-order valence-corrected chi connectivity index (χ0v) is 16.5. The van der Waals surface area contributed by atoms with Gasteiger partial charge in [-0.2, -0.15) is 0 Å². The van der Waals surface area contributed by atoms with Crippen molar-refractivity contribution in [3.05, 3.63) is 64.3 Å². The largest absolute Gasteiger partial charge is 0.493 e. The predicted molar refractivity (Wildman–Crippen MR) is 109 cm³/mol. The minimum atomic E-state index is -0.323. The number of amides is 1. The number of benzene rings is 2. The van der Waals surface area contributed by atoms with Gasteiger partial charge in [-0.25, -0.2) is 4.39 Å². The van der Waals surface area contributed by atoms with Crippen LogP contribution in [0.2, 0.25) is 0 Å². The van der Waals surface area contributed by atoms with E-state index in [-0.39, 0.29) is 18.3 Å². The zero-order chi connectivity index (χ0) is 19.4. The van der Waals surface area contributed by atoms with Gasteiger partial charge in [0.15, 0.2) is 11.5 Å². The Balaban J connectivity index is 1.84. The Labute approximate surface area is 167 Å². The van der Waals surface area contributed by atoms with E-state index in [1.54, 1.807) is 41.3 Å². The molecule has 2 aromatic rings. The van der Waals surface area contributed by atoms with Crippen LogP contribution < -0.4 is 9.47 Å². The van der Waals surface area contributed by atoms with Crippen LogP contribution in [0.25, 0.3) is 6.08 Å². The average Bonchev–Trinajstić information content (AvgIpc) is 2.94. The summed E-state index contributed by atoms with van der Waals surface area (Å²) in [5, 5.41) is 0. The van der Waals surface area contributed by atoms with Gasteiger partial charge < -0.3 is 9.47 Å². The molecule has 1 fully saturated rings. The standard InChI is InChI=1S/C20H18FNO3S2/c1-3-22-19(23)18(27-20(22)26)11-13-8-9-16(24-2)17(10-13)25-12-14-6-4-5-7-15(14)21/h4-11H,3,12H2,1-2H3/b18-11+. The number of halogens is 1. The van der Waals surface area contributed by atoms with Crippen molar-refractivity contribution in [2.75, 3.05) is 13.7 Å². The van der Waals surface area contributed by atoms with E-state index in [1.165, 1.54) is 24.9 Å². The van der Waals surface area contributed by atoms with E-state index in [0.29, 0.717) is 32.8 Å². The van der Waals surface area contributed by atoms with E-state index in [1.807, 2.05) is 13.0 Å². The number of thiocarbonyl (C=S) groups is 1. The van der Waals surface area contributed by atoms with Crippen LogP contribution in [0.1, 0.15) is 18.1 Å². The Bertz CT molecular complexity index is 914. The van der Waals surface area contributed by atoms with Gasteiger partial charge in [-0.15, -0.1) is 0 Å². The van der Waals surface area contributed by atoms with Crippen LogP contribution in [0.5, 0.6) is 11.5 Å². The second-order valence-corrected chi connectivity index (χ2v) is 7.39. The minimum Gasteiger partial charge on any atom is -0.493 e. The molecular weight excluding hydrogens is 385 g/mol. The van der Waals surface area contributed by atoms with Gasteiger partial charge in [0.05, 0.1) is 12.0 Å². The van der Waals surface area contributed by atoms with Gasteiger partial charge in [-0.3, -0.25) is 9.69 Å². The van der Waals surface area contributed by atoms with Gasteiger partial charge in [0.1, 0.15) is 16.7 Å². The lowest BCUT2D eigenvalue weighted by molar-refractivity contribution is -0.121. The quantitative estimate of drug-likeness (QED) is 0.519. The summed E-state index contributed by atoms with van der Waals surface area (Å²) >= 11 is 6.51. The summed E-state index contributed by atoms with van der Waals surface area (Å²) in [5.41, 5.74) is 1.23.